The van der Waals surface area contributed by atoms with Gasteiger partial charge in [0.05, 0.1) is 0 Å². The minimum absolute atomic E-state index is 0.104. The number of amides is 3. The number of nitrogens with one attached hydrogen (secondary N) is 1. The van der Waals surface area contributed by atoms with Crippen molar-refractivity contribution in [2.24, 2.45) is 11.7 Å². The van der Waals surface area contributed by atoms with Crippen LogP contribution in [0.2, 0.25) is 0 Å². The Labute approximate surface area is 178 Å². The van der Waals surface area contributed by atoms with Crippen molar-refractivity contribution in [3.8, 4) is 0 Å². The molecule has 0 saturated carbocycles. The predicted molar refractivity (Wildman–Crippen MR) is 113 cm³/mol. The van der Waals surface area contributed by atoms with Gasteiger partial charge in [0.2, 0.25) is 11.8 Å². The maximum absolute atomic E-state index is 13.1. The summed E-state index contributed by atoms with van der Waals surface area (Å²) < 4.78 is 0. The maximum atomic E-state index is 13.1. The smallest absolute Gasteiger partial charge is 0.255 e. The number of carbonyl (C=O) groups excluding carboxylic acids is 3. The molecule has 3 amide bonds. The quantitative estimate of drug-likeness (QED) is 0.695. The van der Waals surface area contributed by atoms with E-state index in [4.69, 9.17) is 5.73 Å². The summed E-state index contributed by atoms with van der Waals surface area (Å²) in [5, 5.41) is 2.36. The molecule has 2 saturated heterocycles. The van der Waals surface area contributed by atoms with Crippen LogP contribution in [0.4, 0.5) is 0 Å². The molecule has 1 aromatic carbocycles. The monoisotopic (exact) mass is 412 g/mol. The Morgan fingerprint density at radius 1 is 1.20 bits per heavy atom. The van der Waals surface area contributed by atoms with E-state index in [1.165, 1.54) is 12.8 Å². The summed E-state index contributed by atoms with van der Waals surface area (Å²) in [5.74, 6) is -0.0715. The van der Waals surface area contributed by atoms with Crippen molar-refractivity contribution in [1.82, 2.24) is 15.1 Å². The highest BCUT2D eigenvalue weighted by molar-refractivity contribution is 6.05. The summed E-state index contributed by atoms with van der Waals surface area (Å²) in [4.78, 5) is 40.9. The molecule has 3 unspecified atom stereocenters. The van der Waals surface area contributed by atoms with Crippen molar-refractivity contribution in [1.29, 1.82) is 0 Å². The van der Waals surface area contributed by atoms with Gasteiger partial charge < -0.3 is 10.6 Å². The number of nitrogens with zero attached hydrogens (tertiary/aromatic N) is 2. The van der Waals surface area contributed by atoms with Crippen molar-refractivity contribution in [3.63, 3.8) is 0 Å². The van der Waals surface area contributed by atoms with E-state index in [0.717, 1.165) is 43.6 Å². The first-order valence-corrected chi connectivity index (χ1v) is 11.2. The Bertz CT molecular complexity index is 840. The topological polar surface area (TPSA) is 95.7 Å². The van der Waals surface area contributed by atoms with Gasteiger partial charge in [-0.05, 0) is 68.3 Å². The van der Waals surface area contributed by atoms with Crippen LogP contribution in [0, 0.1) is 5.92 Å². The largest absolute Gasteiger partial charge is 0.330 e. The fourth-order valence-electron chi connectivity index (χ4n) is 5.26. The molecular formula is C23H32N4O3. The molecular weight excluding hydrogens is 380 g/mol. The van der Waals surface area contributed by atoms with Crippen molar-refractivity contribution < 1.29 is 14.4 Å². The second kappa shape index (κ2) is 8.86. The molecule has 7 heteroatoms. The lowest BCUT2D eigenvalue weighted by atomic mass is 9.87. The number of imide groups is 1. The third-order valence-electron chi connectivity index (χ3n) is 6.91. The molecule has 1 aromatic rings. The van der Waals surface area contributed by atoms with E-state index in [2.05, 4.69) is 23.2 Å². The lowest BCUT2D eigenvalue weighted by Crippen LogP contribution is -2.52. The number of benzene rings is 1. The standard InChI is InChI=1S/C23H32N4O3/c1-15-4-3-11-26(19(15)5-2-10-24)13-16-6-7-17-14-27(23(30)18(17)12-16)20-8-9-21(28)25-22(20)29/h6-7,12,15,19-20H,2-5,8-11,13-14,24H2,1H3,(H,25,28,29). The number of likely N-dealkylation sites (tertiary alicyclic amines) is 1. The fourth-order valence-corrected chi connectivity index (χ4v) is 5.26. The average Bonchev–Trinajstić information content (AvgIpc) is 3.04. The van der Waals surface area contributed by atoms with E-state index in [-0.39, 0.29) is 24.1 Å². The number of rotatable bonds is 6. The van der Waals surface area contributed by atoms with Crippen LogP contribution in [-0.4, -0.2) is 52.7 Å². The molecule has 3 aliphatic rings. The van der Waals surface area contributed by atoms with Gasteiger partial charge in [-0.3, -0.25) is 24.6 Å². The van der Waals surface area contributed by atoms with Crippen LogP contribution in [0.5, 0.6) is 0 Å². The summed E-state index contributed by atoms with van der Waals surface area (Å²) in [6, 6.07) is 6.11. The lowest BCUT2D eigenvalue weighted by Gasteiger charge is -2.40. The SMILES string of the molecule is CC1CCCN(Cc2ccc3c(c2)C(=O)N(C2CCC(=O)NC2=O)C3)C1CCCN. The Balaban J connectivity index is 1.48. The van der Waals surface area contributed by atoms with E-state index >= 15 is 0 Å². The van der Waals surface area contributed by atoms with Crippen LogP contribution in [0.3, 0.4) is 0 Å². The number of fused-ring (bicyclic) bond motifs is 1. The van der Waals surface area contributed by atoms with Crippen molar-refractivity contribution in [2.75, 3.05) is 13.1 Å². The molecule has 3 atom stereocenters. The summed E-state index contributed by atoms with van der Waals surface area (Å²) in [6.07, 6.45) is 5.29. The zero-order valence-electron chi connectivity index (χ0n) is 17.7. The molecule has 7 nitrogen and oxygen atoms in total. The number of nitrogens with two attached hydrogens (primary N) is 1. The fraction of sp³-hybridized carbons (Fsp3) is 0.609. The molecule has 3 heterocycles. The Kier molecular flexibility index (Phi) is 6.20. The third-order valence-corrected chi connectivity index (χ3v) is 6.91. The van der Waals surface area contributed by atoms with Crippen LogP contribution >= 0.6 is 0 Å². The Morgan fingerprint density at radius 2 is 2.03 bits per heavy atom. The second-order valence-corrected chi connectivity index (χ2v) is 8.98. The molecule has 162 valence electrons. The number of hydrogen-bond acceptors (Lipinski definition) is 5. The highest BCUT2D eigenvalue weighted by Gasteiger charge is 2.39. The van der Waals surface area contributed by atoms with Crippen LogP contribution in [-0.2, 0) is 22.7 Å². The molecule has 0 bridgehead atoms. The van der Waals surface area contributed by atoms with E-state index in [1.54, 1.807) is 4.90 Å². The van der Waals surface area contributed by atoms with Crippen LogP contribution in [0.15, 0.2) is 18.2 Å². The number of carbonyl (C=O) groups is 3. The Hall–Kier alpha value is -2.25. The van der Waals surface area contributed by atoms with Gasteiger partial charge in [-0.2, -0.15) is 0 Å². The van der Waals surface area contributed by atoms with Gasteiger partial charge in [0.25, 0.3) is 5.91 Å². The van der Waals surface area contributed by atoms with Gasteiger partial charge >= 0.3 is 0 Å². The zero-order valence-corrected chi connectivity index (χ0v) is 17.7. The molecule has 2 fully saturated rings. The van der Waals surface area contributed by atoms with Crippen molar-refractivity contribution in [2.45, 2.75) is 70.6 Å². The average molecular weight is 413 g/mol. The van der Waals surface area contributed by atoms with E-state index < -0.39 is 6.04 Å². The van der Waals surface area contributed by atoms with Gasteiger partial charge in [0.1, 0.15) is 6.04 Å². The van der Waals surface area contributed by atoms with Crippen molar-refractivity contribution >= 4 is 17.7 Å². The summed E-state index contributed by atoms with van der Waals surface area (Å²) >= 11 is 0. The molecule has 0 aliphatic carbocycles. The highest BCUT2D eigenvalue weighted by Crippen LogP contribution is 2.31. The molecule has 0 aromatic heterocycles. The van der Waals surface area contributed by atoms with Crippen LogP contribution in [0.25, 0.3) is 0 Å². The lowest BCUT2D eigenvalue weighted by molar-refractivity contribution is -0.136. The van der Waals surface area contributed by atoms with Crippen LogP contribution in [0.1, 0.15) is 66.9 Å². The first-order valence-electron chi connectivity index (χ1n) is 11.2. The zero-order chi connectivity index (χ0) is 21.3. The first kappa shape index (κ1) is 21.0. The van der Waals surface area contributed by atoms with Gasteiger partial charge in [0, 0.05) is 31.1 Å². The predicted octanol–water partition coefficient (Wildman–Crippen LogP) is 1.79. The third kappa shape index (κ3) is 4.14. The van der Waals surface area contributed by atoms with Crippen LogP contribution < -0.4 is 11.1 Å². The van der Waals surface area contributed by atoms with Gasteiger partial charge in [-0.1, -0.05) is 19.1 Å². The molecule has 3 N–H and O–H groups in total. The van der Waals surface area contributed by atoms with Gasteiger partial charge in [0.15, 0.2) is 0 Å². The second-order valence-electron chi connectivity index (χ2n) is 8.98. The normalized spacial score (nSPS) is 27.3. The minimum Gasteiger partial charge on any atom is -0.330 e. The summed E-state index contributed by atoms with van der Waals surface area (Å²) in [7, 11) is 0. The molecule has 30 heavy (non-hydrogen) atoms. The van der Waals surface area contributed by atoms with Gasteiger partial charge in [-0.25, -0.2) is 0 Å². The molecule has 4 rings (SSSR count). The van der Waals surface area contributed by atoms with E-state index in [9.17, 15) is 14.4 Å². The highest BCUT2D eigenvalue weighted by atomic mass is 16.2. The van der Waals surface area contributed by atoms with Gasteiger partial charge in [-0.15, -0.1) is 0 Å². The van der Waals surface area contributed by atoms with E-state index in [0.29, 0.717) is 30.5 Å². The number of piperidine rings is 2. The summed E-state index contributed by atoms with van der Waals surface area (Å²) in [6.45, 7) is 5.39. The number of hydrogen-bond donors (Lipinski definition) is 2. The molecule has 0 spiro atoms. The van der Waals surface area contributed by atoms with E-state index in [1.807, 2.05) is 12.1 Å². The van der Waals surface area contributed by atoms with Crippen molar-refractivity contribution in [3.05, 3.63) is 34.9 Å². The minimum atomic E-state index is -0.561. The summed E-state index contributed by atoms with van der Waals surface area (Å²) in [5.41, 5.74) is 8.54. The molecule has 0 radical (unpaired) electrons. The molecule has 3 aliphatic heterocycles. The first-order chi connectivity index (χ1) is 14.5. The maximum Gasteiger partial charge on any atom is 0.255 e. The Morgan fingerprint density at radius 3 is 2.80 bits per heavy atom.